The van der Waals surface area contributed by atoms with Gasteiger partial charge in [-0.1, -0.05) is 0 Å². The van der Waals surface area contributed by atoms with Crippen molar-refractivity contribution in [2.45, 2.75) is 12.5 Å². The number of hydrogen-bond donors (Lipinski definition) is 1. The van der Waals surface area contributed by atoms with E-state index in [-0.39, 0.29) is 24.4 Å². The van der Waals surface area contributed by atoms with Crippen LogP contribution in [0.5, 0.6) is 0 Å². The lowest BCUT2D eigenvalue weighted by molar-refractivity contribution is 0.156. The Morgan fingerprint density at radius 1 is 1.10 bits per heavy atom. The number of hydrogen-bond acceptors (Lipinski definition) is 2. The van der Waals surface area contributed by atoms with E-state index in [1.54, 1.807) is 0 Å². The van der Waals surface area contributed by atoms with E-state index < -0.39 is 30.2 Å². The molecule has 1 aliphatic heterocycles. The molecule has 20 heavy (non-hydrogen) atoms. The predicted octanol–water partition coefficient (Wildman–Crippen LogP) is 2.83. The van der Waals surface area contributed by atoms with Gasteiger partial charge in [0.15, 0.2) is 17.5 Å². The average molecular weight is 313 g/mol. The lowest BCUT2D eigenvalue weighted by atomic mass is 10.0. The summed E-state index contributed by atoms with van der Waals surface area (Å²) in [6.07, 6.45) is 0.143. The quantitative estimate of drug-likeness (QED) is 0.679. The summed E-state index contributed by atoms with van der Waals surface area (Å²) in [5.74, 6) is -3.94. The van der Waals surface area contributed by atoms with Gasteiger partial charge in [0, 0.05) is 32.2 Å². The second-order valence-corrected chi connectivity index (χ2v) is 4.58. The number of benzene rings is 1. The molecule has 0 spiro atoms. The van der Waals surface area contributed by atoms with Crippen LogP contribution in [-0.2, 0) is 0 Å². The fourth-order valence-corrected chi connectivity index (χ4v) is 2.42. The topological polar surface area (TPSA) is 15.3 Å². The SMILES string of the molecule is Cl.FCC[C@H](c1cc(F)c(F)c(F)c1)N1CCNCC1. The van der Waals surface area contributed by atoms with E-state index in [0.29, 0.717) is 13.1 Å². The van der Waals surface area contributed by atoms with Crippen molar-refractivity contribution in [3.05, 3.63) is 35.1 Å². The first-order chi connectivity index (χ1) is 9.13. The van der Waals surface area contributed by atoms with Crippen molar-refractivity contribution >= 4 is 12.4 Å². The van der Waals surface area contributed by atoms with Crippen molar-refractivity contribution in [3.8, 4) is 0 Å². The predicted molar refractivity (Wildman–Crippen MR) is 71.3 cm³/mol. The largest absolute Gasteiger partial charge is 0.314 e. The maximum Gasteiger partial charge on any atom is 0.194 e. The highest BCUT2D eigenvalue weighted by molar-refractivity contribution is 5.85. The minimum atomic E-state index is -1.48. The molecule has 1 aromatic rings. The van der Waals surface area contributed by atoms with Gasteiger partial charge in [0.2, 0.25) is 0 Å². The Labute approximate surface area is 121 Å². The molecule has 1 heterocycles. The molecule has 0 radical (unpaired) electrons. The van der Waals surface area contributed by atoms with Crippen LogP contribution < -0.4 is 5.32 Å². The summed E-state index contributed by atoms with van der Waals surface area (Å²) in [6.45, 7) is 2.25. The summed E-state index contributed by atoms with van der Waals surface area (Å²) in [5, 5.41) is 3.15. The first kappa shape index (κ1) is 17.2. The zero-order valence-electron chi connectivity index (χ0n) is 10.8. The molecule has 0 aromatic heterocycles. The molecule has 1 aromatic carbocycles. The van der Waals surface area contributed by atoms with Crippen molar-refractivity contribution in [2.75, 3.05) is 32.9 Å². The molecule has 1 fully saturated rings. The normalized spacial score (nSPS) is 17.6. The number of nitrogens with one attached hydrogen (secondary N) is 1. The van der Waals surface area contributed by atoms with Gasteiger partial charge in [0.05, 0.1) is 6.67 Å². The molecule has 114 valence electrons. The van der Waals surface area contributed by atoms with Gasteiger partial charge < -0.3 is 5.32 Å². The van der Waals surface area contributed by atoms with Crippen molar-refractivity contribution in [3.63, 3.8) is 0 Å². The van der Waals surface area contributed by atoms with Crippen LogP contribution in [0.4, 0.5) is 17.6 Å². The zero-order chi connectivity index (χ0) is 13.8. The third-order valence-corrected chi connectivity index (χ3v) is 3.37. The van der Waals surface area contributed by atoms with Crippen LogP contribution in [-0.4, -0.2) is 37.8 Å². The second kappa shape index (κ2) is 7.81. The van der Waals surface area contributed by atoms with E-state index in [4.69, 9.17) is 0 Å². The van der Waals surface area contributed by atoms with E-state index >= 15 is 0 Å². The van der Waals surface area contributed by atoms with Crippen LogP contribution >= 0.6 is 12.4 Å². The summed E-state index contributed by atoms with van der Waals surface area (Å²) in [5.41, 5.74) is 0.288. The first-order valence-electron chi connectivity index (χ1n) is 6.28. The van der Waals surface area contributed by atoms with E-state index in [2.05, 4.69) is 5.32 Å². The molecule has 2 nitrogen and oxygen atoms in total. The highest BCUT2D eigenvalue weighted by Gasteiger charge is 2.24. The van der Waals surface area contributed by atoms with Crippen LogP contribution in [0.25, 0.3) is 0 Å². The molecular weight excluding hydrogens is 296 g/mol. The molecule has 7 heteroatoms. The summed E-state index contributed by atoms with van der Waals surface area (Å²) < 4.78 is 52.2. The van der Waals surface area contributed by atoms with Crippen molar-refractivity contribution in [1.29, 1.82) is 0 Å². The summed E-state index contributed by atoms with van der Waals surface area (Å²) in [4.78, 5) is 1.96. The lowest BCUT2D eigenvalue weighted by Gasteiger charge is -2.35. The van der Waals surface area contributed by atoms with E-state index in [0.717, 1.165) is 25.2 Å². The van der Waals surface area contributed by atoms with Gasteiger partial charge in [0.25, 0.3) is 0 Å². The molecule has 0 amide bonds. The molecule has 1 N–H and O–H groups in total. The van der Waals surface area contributed by atoms with Crippen LogP contribution in [0.15, 0.2) is 12.1 Å². The zero-order valence-corrected chi connectivity index (χ0v) is 11.7. The Hall–Kier alpha value is -0.850. The Bertz CT molecular complexity index is 415. The monoisotopic (exact) mass is 312 g/mol. The molecule has 1 saturated heterocycles. The summed E-state index contributed by atoms with van der Waals surface area (Å²) in [7, 11) is 0. The van der Waals surface area contributed by atoms with Crippen molar-refractivity contribution < 1.29 is 17.6 Å². The van der Waals surface area contributed by atoms with Gasteiger partial charge in [-0.15, -0.1) is 12.4 Å². The van der Waals surface area contributed by atoms with Crippen LogP contribution in [0.1, 0.15) is 18.0 Å². The van der Waals surface area contributed by atoms with E-state index in [9.17, 15) is 17.6 Å². The lowest BCUT2D eigenvalue weighted by Crippen LogP contribution is -2.45. The summed E-state index contributed by atoms with van der Waals surface area (Å²) >= 11 is 0. The molecule has 0 aliphatic carbocycles. The molecule has 1 atom stereocenters. The average Bonchev–Trinajstić information content (AvgIpc) is 2.42. The molecule has 0 unspecified atom stereocenters. The molecule has 1 aliphatic rings. The number of nitrogens with zero attached hydrogens (tertiary/aromatic N) is 1. The van der Waals surface area contributed by atoms with Gasteiger partial charge in [-0.25, -0.2) is 13.2 Å². The maximum absolute atomic E-state index is 13.3. The van der Waals surface area contributed by atoms with Crippen molar-refractivity contribution in [2.24, 2.45) is 0 Å². The van der Waals surface area contributed by atoms with Gasteiger partial charge in [-0.3, -0.25) is 9.29 Å². The van der Waals surface area contributed by atoms with E-state index in [1.807, 2.05) is 4.90 Å². The Morgan fingerprint density at radius 3 is 2.15 bits per heavy atom. The minimum absolute atomic E-state index is 0. The maximum atomic E-state index is 13.3. The Morgan fingerprint density at radius 2 is 1.65 bits per heavy atom. The Balaban J connectivity index is 0.00000200. The highest BCUT2D eigenvalue weighted by Crippen LogP contribution is 2.27. The van der Waals surface area contributed by atoms with Gasteiger partial charge >= 0.3 is 0 Å². The minimum Gasteiger partial charge on any atom is -0.314 e. The number of alkyl halides is 1. The fraction of sp³-hybridized carbons (Fsp3) is 0.538. The number of halogens is 5. The van der Waals surface area contributed by atoms with Crippen molar-refractivity contribution in [1.82, 2.24) is 10.2 Å². The Kier molecular flexibility index (Phi) is 6.71. The highest BCUT2D eigenvalue weighted by atomic mass is 35.5. The fourth-order valence-electron chi connectivity index (χ4n) is 2.42. The number of rotatable bonds is 4. The van der Waals surface area contributed by atoms with Crippen LogP contribution in [0, 0.1) is 17.5 Å². The third kappa shape index (κ3) is 3.84. The third-order valence-electron chi connectivity index (χ3n) is 3.37. The molecule has 0 saturated carbocycles. The van der Waals surface area contributed by atoms with E-state index in [1.165, 1.54) is 0 Å². The van der Waals surface area contributed by atoms with Crippen LogP contribution in [0.2, 0.25) is 0 Å². The smallest absolute Gasteiger partial charge is 0.194 e. The van der Waals surface area contributed by atoms with Gasteiger partial charge in [0.1, 0.15) is 0 Å². The number of piperazine rings is 1. The van der Waals surface area contributed by atoms with Gasteiger partial charge in [-0.05, 0) is 24.1 Å². The molecule has 0 bridgehead atoms. The molecule has 2 rings (SSSR count). The summed E-state index contributed by atoms with van der Waals surface area (Å²) in [6, 6.07) is 1.50. The first-order valence-corrected chi connectivity index (χ1v) is 6.28. The van der Waals surface area contributed by atoms with Gasteiger partial charge in [-0.2, -0.15) is 0 Å². The standard InChI is InChI=1S/C13H16F4N2.ClH/c14-2-1-12(19-5-3-18-4-6-19)9-7-10(15)13(17)11(16)8-9;/h7-8,12,18H,1-6H2;1H/t12-;/m1./s1. The second-order valence-electron chi connectivity index (χ2n) is 4.58. The molecular formula is C13H17ClF4N2. The van der Waals surface area contributed by atoms with Crippen LogP contribution in [0.3, 0.4) is 0 Å².